The molecule has 17 heavy (non-hydrogen) atoms. The lowest BCUT2D eigenvalue weighted by Crippen LogP contribution is -2.37. The third-order valence-electron chi connectivity index (χ3n) is 5.93. The summed E-state index contributed by atoms with van der Waals surface area (Å²) in [5, 5.41) is 3.42. The molecule has 4 rings (SSSR count). The highest BCUT2D eigenvalue weighted by atomic mass is 16.2. The van der Waals surface area contributed by atoms with Crippen LogP contribution < -0.4 is 5.32 Å². The second-order valence-corrected chi connectivity index (χ2v) is 6.91. The molecule has 2 heterocycles. The zero-order chi connectivity index (χ0) is 11.5. The average molecular weight is 234 g/mol. The van der Waals surface area contributed by atoms with Gasteiger partial charge in [0.1, 0.15) is 0 Å². The molecule has 94 valence electrons. The molecule has 0 radical (unpaired) electrons. The number of nitrogens with one attached hydrogen (secondary N) is 1. The molecule has 1 amide bonds. The van der Waals surface area contributed by atoms with E-state index in [1.54, 1.807) is 0 Å². The van der Waals surface area contributed by atoms with E-state index >= 15 is 0 Å². The molecule has 2 saturated carbocycles. The smallest absolute Gasteiger partial charge is 0.226 e. The Morgan fingerprint density at radius 2 is 2.12 bits per heavy atom. The number of nitrogens with zero attached hydrogens (tertiary/aromatic N) is 1. The first kappa shape index (κ1) is 10.4. The second-order valence-electron chi connectivity index (χ2n) is 6.91. The average Bonchev–Trinajstić information content (AvgIpc) is 2.69. The first-order valence-corrected chi connectivity index (χ1v) is 7.23. The van der Waals surface area contributed by atoms with Crippen molar-refractivity contribution in [2.45, 2.75) is 38.5 Å². The fourth-order valence-electron chi connectivity index (χ4n) is 4.36. The zero-order valence-electron chi connectivity index (χ0n) is 10.5. The number of carbonyl (C=O) groups excluding carboxylic acids is 1. The molecule has 2 saturated heterocycles. The minimum Gasteiger partial charge on any atom is -0.342 e. The van der Waals surface area contributed by atoms with Crippen LogP contribution in [-0.2, 0) is 4.79 Å². The summed E-state index contributed by atoms with van der Waals surface area (Å²) in [6.45, 7) is 4.32. The Labute approximate surface area is 103 Å². The second kappa shape index (κ2) is 3.25. The minimum atomic E-state index is 0.368. The van der Waals surface area contributed by atoms with Crippen LogP contribution in [0.3, 0.4) is 0 Å². The van der Waals surface area contributed by atoms with Gasteiger partial charge in [0, 0.05) is 25.6 Å². The zero-order valence-corrected chi connectivity index (χ0v) is 10.5. The lowest BCUT2D eigenvalue weighted by atomic mass is 9.68. The molecule has 0 bridgehead atoms. The summed E-state index contributed by atoms with van der Waals surface area (Å²) in [5.74, 6) is 0.852. The van der Waals surface area contributed by atoms with Crippen LogP contribution in [0.5, 0.6) is 0 Å². The molecule has 2 aliphatic heterocycles. The van der Waals surface area contributed by atoms with Gasteiger partial charge in [-0.3, -0.25) is 4.79 Å². The molecule has 0 aromatic carbocycles. The molecule has 2 aliphatic carbocycles. The molecular formula is C14H22N2O. The van der Waals surface area contributed by atoms with Gasteiger partial charge in [-0.15, -0.1) is 0 Å². The van der Waals surface area contributed by atoms with Crippen molar-refractivity contribution in [1.82, 2.24) is 10.2 Å². The maximum absolute atomic E-state index is 12.5. The van der Waals surface area contributed by atoms with E-state index in [1.807, 2.05) is 0 Å². The Morgan fingerprint density at radius 3 is 2.71 bits per heavy atom. The summed E-state index contributed by atoms with van der Waals surface area (Å²) in [7, 11) is 0. The van der Waals surface area contributed by atoms with Gasteiger partial charge in [0.05, 0.1) is 0 Å². The standard InChI is InChI=1S/C14H22N2O/c17-12(11-8-14(11)4-6-15-9-14)16-7-5-13(10-16)2-1-3-13/h11,15H,1-10H2. The Balaban J connectivity index is 1.42. The number of rotatable bonds is 1. The third-order valence-corrected chi connectivity index (χ3v) is 5.93. The fraction of sp³-hybridized carbons (Fsp3) is 0.929. The van der Waals surface area contributed by atoms with E-state index in [1.165, 1.54) is 32.1 Å². The first-order valence-electron chi connectivity index (χ1n) is 7.23. The Morgan fingerprint density at radius 1 is 1.24 bits per heavy atom. The summed E-state index contributed by atoms with van der Waals surface area (Å²) in [4.78, 5) is 14.7. The molecule has 4 fully saturated rings. The third kappa shape index (κ3) is 1.41. The maximum atomic E-state index is 12.5. The summed E-state index contributed by atoms with van der Waals surface area (Å²) < 4.78 is 0. The normalized spacial score (nSPS) is 42.1. The highest BCUT2D eigenvalue weighted by Gasteiger charge is 2.60. The lowest BCUT2D eigenvalue weighted by Gasteiger charge is -2.38. The van der Waals surface area contributed by atoms with Gasteiger partial charge in [0.25, 0.3) is 0 Å². The lowest BCUT2D eigenvalue weighted by molar-refractivity contribution is -0.133. The maximum Gasteiger partial charge on any atom is 0.226 e. The number of hydrogen-bond acceptors (Lipinski definition) is 2. The molecule has 2 unspecified atom stereocenters. The Hall–Kier alpha value is -0.570. The molecule has 1 N–H and O–H groups in total. The molecule has 2 atom stereocenters. The van der Waals surface area contributed by atoms with Gasteiger partial charge in [-0.1, -0.05) is 6.42 Å². The largest absolute Gasteiger partial charge is 0.342 e. The minimum absolute atomic E-state index is 0.368. The predicted molar refractivity (Wildman–Crippen MR) is 65.5 cm³/mol. The molecule has 4 aliphatic rings. The topological polar surface area (TPSA) is 32.3 Å². The van der Waals surface area contributed by atoms with Gasteiger partial charge in [-0.05, 0) is 49.5 Å². The Bertz CT molecular complexity index is 355. The van der Waals surface area contributed by atoms with Gasteiger partial charge < -0.3 is 10.2 Å². The van der Waals surface area contributed by atoms with E-state index in [9.17, 15) is 4.79 Å². The van der Waals surface area contributed by atoms with E-state index in [-0.39, 0.29) is 0 Å². The molecular weight excluding hydrogens is 212 g/mol. The first-order chi connectivity index (χ1) is 8.23. The summed E-state index contributed by atoms with van der Waals surface area (Å²) in [6.07, 6.45) is 7.78. The molecule has 3 heteroatoms. The van der Waals surface area contributed by atoms with Crippen molar-refractivity contribution < 1.29 is 4.79 Å². The SMILES string of the molecule is O=C(C1CC12CCNC2)N1CCC2(CCC2)C1. The van der Waals surface area contributed by atoms with Crippen LogP contribution >= 0.6 is 0 Å². The summed E-state index contributed by atoms with van der Waals surface area (Å²) in [6, 6.07) is 0. The van der Waals surface area contributed by atoms with Crippen LogP contribution in [0.25, 0.3) is 0 Å². The number of carbonyl (C=O) groups is 1. The van der Waals surface area contributed by atoms with Crippen molar-refractivity contribution in [3.05, 3.63) is 0 Å². The van der Waals surface area contributed by atoms with Crippen molar-refractivity contribution in [2.24, 2.45) is 16.7 Å². The van der Waals surface area contributed by atoms with Crippen molar-refractivity contribution in [3.63, 3.8) is 0 Å². The van der Waals surface area contributed by atoms with Gasteiger partial charge in [0.15, 0.2) is 0 Å². The Kier molecular flexibility index (Phi) is 1.98. The highest BCUT2D eigenvalue weighted by molar-refractivity contribution is 5.83. The molecule has 0 aromatic rings. The van der Waals surface area contributed by atoms with Gasteiger partial charge in [0.2, 0.25) is 5.91 Å². The summed E-state index contributed by atoms with van der Waals surface area (Å²) in [5.41, 5.74) is 0.943. The van der Waals surface area contributed by atoms with Crippen LogP contribution in [0, 0.1) is 16.7 Å². The van der Waals surface area contributed by atoms with Crippen molar-refractivity contribution in [3.8, 4) is 0 Å². The number of amides is 1. The number of hydrogen-bond donors (Lipinski definition) is 1. The van der Waals surface area contributed by atoms with Gasteiger partial charge in [-0.2, -0.15) is 0 Å². The van der Waals surface area contributed by atoms with Crippen LogP contribution in [0.2, 0.25) is 0 Å². The van der Waals surface area contributed by atoms with Crippen LogP contribution in [0.4, 0.5) is 0 Å². The van der Waals surface area contributed by atoms with E-state index in [0.29, 0.717) is 22.7 Å². The fourth-order valence-corrected chi connectivity index (χ4v) is 4.36. The van der Waals surface area contributed by atoms with E-state index in [4.69, 9.17) is 0 Å². The van der Waals surface area contributed by atoms with Crippen molar-refractivity contribution in [1.29, 1.82) is 0 Å². The van der Waals surface area contributed by atoms with Gasteiger partial charge >= 0.3 is 0 Å². The molecule has 0 aromatic heterocycles. The van der Waals surface area contributed by atoms with Crippen molar-refractivity contribution in [2.75, 3.05) is 26.2 Å². The van der Waals surface area contributed by atoms with Gasteiger partial charge in [-0.25, -0.2) is 0 Å². The quantitative estimate of drug-likeness (QED) is 0.743. The van der Waals surface area contributed by atoms with Crippen LogP contribution in [0.15, 0.2) is 0 Å². The monoisotopic (exact) mass is 234 g/mol. The van der Waals surface area contributed by atoms with Crippen LogP contribution in [0.1, 0.15) is 38.5 Å². The highest BCUT2D eigenvalue weighted by Crippen LogP contribution is 2.58. The molecule has 2 spiro atoms. The van der Waals surface area contributed by atoms with E-state index in [0.717, 1.165) is 32.6 Å². The van der Waals surface area contributed by atoms with Crippen LogP contribution in [-0.4, -0.2) is 37.0 Å². The summed E-state index contributed by atoms with van der Waals surface area (Å²) >= 11 is 0. The van der Waals surface area contributed by atoms with Crippen molar-refractivity contribution >= 4 is 5.91 Å². The van der Waals surface area contributed by atoms with E-state index < -0.39 is 0 Å². The number of likely N-dealkylation sites (tertiary alicyclic amines) is 1. The molecule has 3 nitrogen and oxygen atoms in total. The predicted octanol–water partition coefficient (Wildman–Crippen LogP) is 1.39. The van der Waals surface area contributed by atoms with E-state index in [2.05, 4.69) is 10.2 Å².